The monoisotopic (exact) mass is 305 g/mol. The van der Waals surface area contributed by atoms with Crippen molar-refractivity contribution in [1.82, 2.24) is 15.0 Å². The Bertz CT molecular complexity index is 829. The van der Waals surface area contributed by atoms with Crippen molar-refractivity contribution in [3.8, 4) is 11.3 Å². The van der Waals surface area contributed by atoms with E-state index in [1.54, 1.807) is 18.3 Å². The van der Waals surface area contributed by atoms with Crippen molar-refractivity contribution in [2.24, 2.45) is 0 Å². The van der Waals surface area contributed by atoms with E-state index < -0.39 is 0 Å². The second kappa shape index (κ2) is 5.80. The van der Waals surface area contributed by atoms with Crippen molar-refractivity contribution < 1.29 is 4.79 Å². The lowest BCUT2D eigenvalue weighted by molar-refractivity contribution is 0.0927. The van der Waals surface area contributed by atoms with Crippen LogP contribution in [0.4, 0.5) is 0 Å². The summed E-state index contributed by atoms with van der Waals surface area (Å²) in [5.41, 5.74) is 3.51. The summed E-state index contributed by atoms with van der Waals surface area (Å²) in [5, 5.41) is 8.45. The molecule has 0 amide bonds. The number of nitrogens with zero attached hydrogens (tertiary/aromatic N) is 3. The maximum absolute atomic E-state index is 12.4. The second-order valence-electron chi connectivity index (χ2n) is 6.52. The highest BCUT2D eigenvalue weighted by Gasteiger charge is 2.16. The zero-order valence-corrected chi connectivity index (χ0v) is 13.5. The van der Waals surface area contributed by atoms with E-state index in [1.165, 1.54) is 5.56 Å². The number of hydrogen-bond acceptors (Lipinski definition) is 3. The molecular weight excluding hydrogens is 286 g/mol. The number of rotatable bonds is 2. The lowest BCUT2D eigenvalue weighted by Gasteiger charge is -2.19. The van der Waals surface area contributed by atoms with Gasteiger partial charge < -0.3 is 0 Å². The number of carbonyl (C=O) groups is 1. The summed E-state index contributed by atoms with van der Waals surface area (Å²) >= 11 is 0. The fraction of sp³-hybridized carbons (Fsp3) is 0.211. The molecule has 0 saturated heterocycles. The van der Waals surface area contributed by atoms with Crippen LogP contribution in [0.3, 0.4) is 0 Å². The third-order valence-corrected chi connectivity index (χ3v) is 3.72. The molecule has 0 aliphatic carbocycles. The van der Waals surface area contributed by atoms with E-state index in [9.17, 15) is 4.79 Å². The molecule has 0 aliphatic heterocycles. The van der Waals surface area contributed by atoms with Crippen LogP contribution in [0.2, 0.25) is 0 Å². The molecule has 0 aliphatic rings. The van der Waals surface area contributed by atoms with Gasteiger partial charge >= 0.3 is 0 Å². The van der Waals surface area contributed by atoms with Gasteiger partial charge in [-0.25, -0.2) is 0 Å². The zero-order valence-electron chi connectivity index (χ0n) is 13.5. The molecule has 0 radical (unpaired) electrons. The van der Waals surface area contributed by atoms with Gasteiger partial charge in [-0.1, -0.05) is 57.2 Å². The molecular formula is C19H19N3O. The van der Waals surface area contributed by atoms with Gasteiger partial charge in [0.05, 0.1) is 6.20 Å². The predicted molar refractivity (Wildman–Crippen MR) is 90.3 cm³/mol. The summed E-state index contributed by atoms with van der Waals surface area (Å²) in [5.74, 6) is -0.233. The predicted octanol–water partition coefficient (Wildman–Crippen LogP) is 3.93. The van der Waals surface area contributed by atoms with E-state index in [-0.39, 0.29) is 11.3 Å². The maximum Gasteiger partial charge on any atom is 0.295 e. The van der Waals surface area contributed by atoms with Gasteiger partial charge in [0, 0.05) is 11.1 Å². The Labute approximate surface area is 135 Å². The van der Waals surface area contributed by atoms with Crippen LogP contribution in [0.5, 0.6) is 0 Å². The molecule has 23 heavy (non-hydrogen) atoms. The van der Waals surface area contributed by atoms with Gasteiger partial charge in [-0.15, -0.1) is 9.90 Å². The molecule has 0 bridgehead atoms. The smallest absolute Gasteiger partial charge is 0.265 e. The van der Waals surface area contributed by atoms with Crippen molar-refractivity contribution in [3.63, 3.8) is 0 Å². The Balaban J connectivity index is 1.92. The summed E-state index contributed by atoms with van der Waals surface area (Å²) < 4.78 is 0. The highest BCUT2D eigenvalue weighted by atomic mass is 16.2. The molecule has 1 heterocycles. The average Bonchev–Trinajstić information content (AvgIpc) is 3.04. The standard InChI is InChI=1S/C19H19N3O/c1-19(2,3)16-11-7-10-15(12-16)17-13-20-22(21-17)18(23)14-8-5-4-6-9-14/h4-13H,1-3H3. The summed E-state index contributed by atoms with van der Waals surface area (Å²) in [6.45, 7) is 6.51. The first-order chi connectivity index (χ1) is 10.9. The van der Waals surface area contributed by atoms with Crippen molar-refractivity contribution in [1.29, 1.82) is 0 Å². The van der Waals surface area contributed by atoms with Crippen LogP contribution in [-0.4, -0.2) is 20.9 Å². The summed E-state index contributed by atoms with van der Waals surface area (Å²) in [4.78, 5) is 13.5. The molecule has 0 unspecified atom stereocenters. The lowest BCUT2D eigenvalue weighted by atomic mass is 9.86. The Morgan fingerprint density at radius 2 is 1.74 bits per heavy atom. The largest absolute Gasteiger partial charge is 0.295 e. The van der Waals surface area contributed by atoms with Crippen LogP contribution in [0.1, 0.15) is 36.7 Å². The number of aromatic nitrogens is 3. The molecule has 0 fully saturated rings. The van der Waals surface area contributed by atoms with E-state index in [4.69, 9.17) is 0 Å². The van der Waals surface area contributed by atoms with Gasteiger partial charge in [0.25, 0.3) is 5.91 Å². The summed E-state index contributed by atoms with van der Waals surface area (Å²) in [6, 6.07) is 17.2. The Hall–Kier alpha value is -2.75. The molecule has 4 nitrogen and oxygen atoms in total. The topological polar surface area (TPSA) is 47.8 Å². The van der Waals surface area contributed by atoms with E-state index in [0.717, 1.165) is 10.4 Å². The molecule has 116 valence electrons. The van der Waals surface area contributed by atoms with Gasteiger partial charge in [0.2, 0.25) is 0 Å². The second-order valence-corrected chi connectivity index (χ2v) is 6.52. The Kier molecular flexibility index (Phi) is 3.82. The first-order valence-electron chi connectivity index (χ1n) is 7.58. The first-order valence-corrected chi connectivity index (χ1v) is 7.58. The molecule has 0 N–H and O–H groups in total. The number of benzene rings is 2. The lowest BCUT2D eigenvalue weighted by Crippen LogP contribution is -2.15. The molecule has 0 saturated carbocycles. The molecule has 3 rings (SSSR count). The third-order valence-electron chi connectivity index (χ3n) is 3.72. The van der Waals surface area contributed by atoms with Crippen LogP contribution in [0.15, 0.2) is 60.8 Å². The Morgan fingerprint density at radius 3 is 2.43 bits per heavy atom. The maximum atomic E-state index is 12.4. The fourth-order valence-corrected chi connectivity index (χ4v) is 2.33. The van der Waals surface area contributed by atoms with Gasteiger partial charge in [-0.05, 0) is 29.2 Å². The summed E-state index contributed by atoms with van der Waals surface area (Å²) in [7, 11) is 0. The van der Waals surface area contributed by atoms with E-state index in [0.29, 0.717) is 11.3 Å². The highest BCUT2D eigenvalue weighted by molar-refractivity contribution is 5.94. The molecule has 1 aromatic heterocycles. The molecule has 4 heteroatoms. The van der Waals surface area contributed by atoms with Gasteiger partial charge in [-0.2, -0.15) is 5.10 Å². The van der Waals surface area contributed by atoms with Crippen LogP contribution in [0, 0.1) is 0 Å². The SMILES string of the molecule is CC(C)(C)c1cccc(-c2cnn(C(=O)c3ccccc3)n2)c1. The van der Waals surface area contributed by atoms with E-state index in [2.05, 4.69) is 43.1 Å². The minimum Gasteiger partial charge on any atom is -0.265 e. The van der Waals surface area contributed by atoms with Crippen LogP contribution < -0.4 is 0 Å². The third kappa shape index (κ3) is 3.21. The van der Waals surface area contributed by atoms with Crippen LogP contribution in [0.25, 0.3) is 11.3 Å². The fourth-order valence-electron chi connectivity index (χ4n) is 2.33. The highest BCUT2D eigenvalue weighted by Crippen LogP contribution is 2.26. The van der Waals surface area contributed by atoms with Crippen molar-refractivity contribution in [2.75, 3.05) is 0 Å². The van der Waals surface area contributed by atoms with Gasteiger partial charge in [-0.3, -0.25) is 4.79 Å². The summed E-state index contributed by atoms with van der Waals surface area (Å²) in [6.07, 6.45) is 1.63. The van der Waals surface area contributed by atoms with E-state index in [1.807, 2.05) is 30.3 Å². The molecule has 0 atom stereocenters. The van der Waals surface area contributed by atoms with E-state index >= 15 is 0 Å². The zero-order chi connectivity index (χ0) is 16.4. The number of hydrogen-bond donors (Lipinski definition) is 0. The minimum absolute atomic E-state index is 0.0614. The normalized spacial score (nSPS) is 11.4. The quantitative estimate of drug-likeness (QED) is 0.720. The van der Waals surface area contributed by atoms with Crippen molar-refractivity contribution >= 4 is 5.91 Å². The molecule has 3 aromatic rings. The average molecular weight is 305 g/mol. The molecule has 0 spiro atoms. The Morgan fingerprint density at radius 1 is 1.00 bits per heavy atom. The number of carbonyl (C=O) groups excluding carboxylic acids is 1. The minimum atomic E-state index is -0.233. The van der Waals surface area contributed by atoms with Gasteiger partial charge in [0.1, 0.15) is 5.69 Å². The molecule has 2 aromatic carbocycles. The van der Waals surface area contributed by atoms with Crippen LogP contribution in [-0.2, 0) is 5.41 Å². The van der Waals surface area contributed by atoms with Crippen molar-refractivity contribution in [3.05, 3.63) is 71.9 Å². The van der Waals surface area contributed by atoms with Gasteiger partial charge in [0.15, 0.2) is 0 Å². The van der Waals surface area contributed by atoms with Crippen molar-refractivity contribution in [2.45, 2.75) is 26.2 Å². The first kappa shape index (κ1) is 15.2. The van der Waals surface area contributed by atoms with Crippen LogP contribution >= 0.6 is 0 Å².